The predicted octanol–water partition coefficient (Wildman–Crippen LogP) is 5.74. The Bertz CT molecular complexity index is 1130. The monoisotopic (exact) mass is 496 g/mol. The minimum atomic E-state index is -1.44. The van der Waals surface area contributed by atoms with Crippen molar-refractivity contribution in [2.45, 2.75) is 65.3 Å². The van der Waals surface area contributed by atoms with Crippen molar-refractivity contribution in [1.29, 1.82) is 0 Å². The Balaban J connectivity index is 1.58. The first-order valence-corrected chi connectivity index (χ1v) is 13.1. The quantitative estimate of drug-likeness (QED) is 0.400. The molecule has 1 aliphatic rings. The van der Waals surface area contributed by atoms with Crippen LogP contribution in [0.3, 0.4) is 0 Å². The first-order chi connectivity index (χ1) is 16.8. The molecule has 186 valence electrons. The molecule has 0 radical (unpaired) electrons. The molecule has 3 aromatic rings. The summed E-state index contributed by atoms with van der Waals surface area (Å²) in [5, 5.41) is 16.0. The number of hydrogen-bond donors (Lipinski definition) is 1. The number of hydrogen-bond acceptors (Lipinski definition) is 6. The molecular formula is C26H32N4O4S. The Kier molecular flexibility index (Phi) is 7.85. The van der Waals surface area contributed by atoms with Crippen LogP contribution < -0.4 is 9.64 Å². The molecule has 0 bridgehead atoms. The maximum Gasteiger partial charge on any atom is 0.511 e. The molecular weight excluding hydrogens is 464 g/mol. The lowest BCUT2D eigenvalue weighted by Gasteiger charge is -2.32. The topological polar surface area (TPSA) is 97.5 Å². The van der Waals surface area contributed by atoms with Gasteiger partial charge in [0.05, 0.1) is 23.1 Å². The van der Waals surface area contributed by atoms with Gasteiger partial charge in [0, 0.05) is 17.3 Å². The second-order valence-electron chi connectivity index (χ2n) is 9.53. The Morgan fingerprint density at radius 1 is 1.17 bits per heavy atom. The lowest BCUT2D eigenvalue weighted by molar-refractivity contribution is -0.124. The fourth-order valence-corrected chi connectivity index (χ4v) is 5.16. The van der Waals surface area contributed by atoms with Gasteiger partial charge in [-0.15, -0.1) is 16.4 Å². The number of benzene rings is 1. The van der Waals surface area contributed by atoms with Crippen molar-refractivity contribution in [3.05, 3.63) is 52.6 Å². The average Bonchev–Trinajstić information content (AvgIpc) is 3.49. The molecule has 1 aliphatic carbocycles. The van der Waals surface area contributed by atoms with Gasteiger partial charge in [0.2, 0.25) is 11.7 Å². The van der Waals surface area contributed by atoms with Crippen LogP contribution in [0.1, 0.15) is 57.7 Å². The molecule has 4 rings (SSSR count). The lowest BCUT2D eigenvalue weighted by Crippen LogP contribution is -2.42. The summed E-state index contributed by atoms with van der Waals surface area (Å²) in [5.74, 6) is 0.800. The highest BCUT2D eigenvalue weighted by Gasteiger charge is 2.34. The van der Waals surface area contributed by atoms with Crippen LogP contribution in [0.15, 0.2) is 41.4 Å². The Hall–Kier alpha value is -3.20. The molecule has 2 heterocycles. The molecule has 0 aliphatic heterocycles. The van der Waals surface area contributed by atoms with Crippen LogP contribution in [0.5, 0.6) is 5.75 Å². The van der Waals surface area contributed by atoms with Crippen LogP contribution in [-0.4, -0.2) is 38.0 Å². The molecule has 35 heavy (non-hydrogen) atoms. The van der Waals surface area contributed by atoms with Gasteiger partial charge >= 0.3 is 6.16 Å². The zero-order chi connectivity index (χ0) is 24.9. The molecule has 1 fully saturated rings. The van der Waals surface area contributed by atoms with E-state index in [9.17, 15) is 14.7 Å². The third kappa shape index (κ3) is 6.08. The number of aromatic nitrogens is 3. The number of ether oxygens (including phenoxy) is 1. The summed E-state index contributed by atoms with van der Waals surface area (Å²) >= 11 is 1.59. The molecule has 1 saturated carbocycles. The summed E-state index contributed by atoms with van der Waals surface area (Å²) in [6.07, 6.45) is 5.54. The third-order valence-corrected chi connectivity index (χ3v) is 7.20. The molecule has 0 unspecified atom stereocenters. The second-order valence-corrected chi connectivity index (χ2v) is 10.3. The van der Waals surface area contributed by atoms with Gasteiger partial charge < -0.3 is 9.84 Å². The van der Waals surface area contributed by atoms with Crippen LogP contribution in [0.25, 0.3) is 5.69 Å². The van der Waals surface area contributed by atoms with Crippen LogP contribution in [0.2, 0.25) is 0 Å². The van der Waals surface area contributed by atoms with E-state index in [1.165, 1.54) is 11.8 Å². The van der Waals surface area contributed by atoms with Crippen molar-refractivity contribution in [2.75, 3.05) is 4.90 Å². The molecule has 2 aromatic heterocycles. The average molecular weight is 497 g/mol. The molecule has 1 amide bonds. The maximum atomic E-state index is 13.5. The normalized spacial score (nSPS) is 17.9. The number of rotatable bonds is 8. The Labute approximate surface area is 209 Å². The van der Waals surface area contributed by atoms with Crippen molar-refractivity contribution in [3.8, 4) is 11.4 Å². The number of amides is 1. The Morgan fingerprint density at radius 3 is 2.49 bits per heavy atom. The van der Waals surface area contributed by atoms with E-state index in [0.717, 1.165) is 49.9 Å². The lowest BCUT2D eigenvalue weighted by atomic mass is 9.82. The molecule has 9 heteroatoms. The van der Waals surface area contributed by atoms with Gasteiger partial charge in [-0.25, -0.2) is 14.5 Å². The fourth-order valence-electron chi connectivity index (χ4n) is 4.57. The highest BCUT2D eigenvalue weighted by atomic mass is 32.1. The van der Waals surface area contributed by atoms with Gasteiger partial charge in [-0.2, -0.15) is 0 Å². The number of nitrogens with zero attached hydrogens (tertiary/aromatic N) is 4. The Morgan fingerprint density at radius 2 is 1.89 bits per heavy atom. The first kappa shape index (κ1) is 24.9. The summed E-state index contributed by atoms with van der Waals surface area (Å²) < 4.78 is 6.64. The van der Waals surface area contributed by atoms with E-state index in [4.69, 9.17) is 4.74 Å². The van der Waals surface area contributed by atoms with Crippen molar-refractivity contribution in [3.63, 3.8) is 0 Å². The number of carbonyl (C=O) groups excluding carboxylic acids is 1. The van der Waals surface area contributed by atoms with Crippen LogP contribution >= 0.6 is 11.3 Å². The zero-order valence-corrected chi connectivity index (χ0v) is 21.2. The van der Waals surface area contributed by atoms with Crippen molar-refractivity contribution < 1.29 is 19.4 Å². The number of thiazole rings is 1. The maximum absolute atomic E-state index is 13.5. The van der Waals surface area contributed by atoms with E-state index >= 15 is 0 Å². The van der Waals surface area contributed by atoms with E-state index < -0.39 is 6.16 Å². The van der Waals surface area contributed by atoms with E-state index in [0.29, 0.717) is 5.92 Å². The SMILES string of the molecule is CC1CCC(C(=O)N(c2nn(-c3ccc(CCc4cscn4)cc3)cc2OC(=O)O)C(C)C)CC1. The predicted molar refractivity (Wildman–Crippen MR) is 135 cm³/mol. The first-order valence-electron chi connectivity index (χ1n) is 12.1. The highest BCUT2D eigenvalue weighted by molar-refractivity contribution is 7.07. The van der Waals surface area contributed by atoms with E-state index in [1.807, 2.05) is 43.6 Å². The number of carboxylic acid groups (broad SMARTS) is 1. The van der Waals surface area contributed by atoms with Crippen LogP contribution in [0.4, 0.5) is 10.6 Å². The number of carbonyl (C=O) groups is 2. The largest absolute Gasteiger partial charge is 0.511 e. The summed E-state index contributed by atoms with van der Waals surface area (Å²) in [7, 11) is 0. The minimum absolute atomic E-state index is 0.0234. The molecule has 0 saturated heterocycles. The van der Waals surface area contributed by atoms with Gasteiger partial charge in [0.25, 0.3) is 0 Å². The van der Waals surface area contributed by atoms with Crippen molar-refractivity contribution in [1.82, 2.24) is 14.8 Å². The smallest absolute Gasteiger partial charge is 0.449 e. The zero-order valence-electron chi connectivity index (χ0n) is 20.4. The van der Waals surface area contributed by atoms with Gasteiger partial charge in [0.1, 0.15) is 0 Å². The van der Waals surface area contributed by atoms with Gasteiger partial charge in [-0.1, -0.05) is 19.1 Å². The minimum Gasteiger partial charge on any atom is -0.449 e. The summed E-state index contributed by atoms with van der Waals surface area (Å²) in [6, 6.07) is 7.71. The summed E-state index contributed by atoms with van der Waals surface area (Å²) in [6.45, 7) is 6.03. The molecule has 0 atom stereocenters. The summed E-state index contributed by atoms with van der Waals surface area (Å²) in [5.41, 5.74) is 4.84. The van der Waals surface area contributed by atoms with Crippen LogP contribution in [0, 0.1) is 11.8 Å². The third-order valence-electron chi connectivity index (χ3n) is 6.56. The standard InChI is InChI=1S/C26H32N4O4S/c1-17(2)30(25(31)20-9-4-18(3)5-10-20)24-23(34-26(32)33)14-29(28-24)22-12-7-19(8-13-22)6-11-21-15-35-16-27-21/h7-8,12-18,20H,4-6,9-11H2,1-3H3,(H,32,33). The molecule has 8 nitrogen and oxygen atoms in total. The molecule has 0 spiro atoms. The fraction of sp³-hybridized carbons (Fsp3) is 0.462. The van der Waals surface area contributed by atoms with E-state index in [-0.39, 0.29) is 29.4 Å². The van der Waals surface area contributed by atoms with Gasteiger partial charge in [0.15, 0.2) is 5.75 Å². The molecule has 1 N–H and O–H groups in total. The van der Waals surface area contributed by atoms with E-state index in [2.05, 4.69) is 22.4 Å². The highest BCUT2D eigenvalue weighted by Crippen LogP contribution is 2.35. The molecule has 1 aromatic carbocycles. The van der Waals surface area contributed by atoms with E-state index in [1.54, 1.807) is 20.9 Å². The van der Waals surface area contributed by atoms with Gasteiger partial charge in [-0.3, -0.25) is 9.69 Å². The van der Waals surface area contributed by atoms with Gasteiger partial charge in [-0.05, 0) is 76.0 Å². The van der Waals surface area contributed by atoms with Crippen molar-refractivity contribution >= 4 is 29.2 Å². The number of anilines is 1. The second kappa shape index (κ2) is 11.0. The van der Waals surface area contributed by atoms with Crippen LogP contribution in [-0.2, 0) is 17.6 Å². The summed E-state index contributed by atoms with van der Waals surface area (Å²) in [4.78, 5) is 30.8. The van der Waals surface area contributed by atoms with Crippen molar-refractivity contribution in [2.24, 2.45) is 11.8 Å². The number of aryl methyl sites for hydroxylation is 2.